The molecule has 5 heteroatoms. The summed E-state index contributed by atoms with van der Waals surface area (Å²) in [5.41, 5.74) is 2.92. The first kappa shape index (κ1) is 18.9. The average molecular weight is 354 g/mol. The van der Waals surface area contributed by atoms with Gasteiger partial charge in [0.2, 0.25) is 5.91 Å². The summed E-state index contributed by atoms with van der Waals surface area (Å²) in [4.78, 5) is 13.2. The molecule has 0 spiro atoms. The molecule has 0 aliphatic heterocycles. The van der Waals surface area contributed by atoms with Gasteiger partial charge in [0.1, 0.15) is 5.75 Å². The number of carbonyl (C=O) groups excluding carboxylic acids is 1. The first-order valence-corrected chi connectivity index (χ1v) is 9.18. The lowest BCUT2D eigenvalue weighted by atomic mass is 10.1. The highest BCUT2D eigenvalue weighted by Crippen LogP contribution is 2.27. The molecule has 130 valence electrons. The lowest BCUT2D eigenvalue weighted by Gasteiger charge is -2.13. The fourth-order valence-electron chi connectivity index (χ4n) is 2.39. The summed E-state index contributed by atoms with van der Waals surface area (Å²) in [6.45, 7) is 4.33. The van der Waals surface area contributed by atoms with Crippen LogP contribution in [0.4, 0.5) is 5.69 Å². The van der Waals surface area contributed by atoms with Crippen LogP contribution in [0.1, 0.15) is 24.0 Å². The van der Waals surface area contributed by atoms with Crippen LogP contribution in [0, 0.1) is 25.2 Å². The van der Waals surface area contributed by atoms with E-state index in [1.807, 2.05) is 56.3 Å². The molecule has 0 saturated carbocycles. The largest absolute Gasteiger partial charge is 0.493 e. The van der Waals surface area contributed by atoms with Crippen LogP contribution in [0.5, 0.6) is 5.75 Å². The van der Waals surface area contributed by atoms with Gasteiger partial charge in [-0.3, -0.25) is 4.79 Å². The number of aryl methyl sites for hydroxylation is 2. The van der Waals surface area contributed by atoms with E-state index < -0.39 is 0 Å². The molecule has 0 heterocycles. The van der Waals surface area contributed by atoms with Gasteiger partial charge in [-0.2, -0.15) is 5.26 Å². The Hall–Kier alpha value is -2.45. The Morgan fingerprint density at radius 1 is 1.16 bits per heavy atom. The second-order valence-corrected chi connectivity index (χ2v) is 6.76. The molecule has 2 aromatic rings. The lowest BCUT2D eigenvalue weighted by Crippen LogP contribution is -2.16. The number of nitrogens with zero attached hydrogens (tertiary/aromatic N) is 1. The maximum atomic E-state index is 12.2. The highest BCUT2D eigenvalue weighted by Gasteiger charge is 2.09. The summed E-state index contributed by atoms with van der Waals surface area (Å²) in [5.74, 6) is 1.47. The number of carbonyl (C=O) groups is 1. The summed E-state index contributed by atoms with van der Waals surface area (Å²) >= 11 is 1.57. The number of hydrogen-bond acceptors (Lipinski definition) is 4. The highest BCUT2D eigenvalue weighted by atomic mass is 32.2. The van der Waals surface area contributed by atoms with Crippen LogP contribution in [0.25, 0.3) is 0 Å². The molecule has 0 atom stereocenters. The van der Waals surface area contributed by atoms with Gasteiger partial charge in [-0.15, -0.1) is 11.8 Å². The van der Waals surface area contributed by atoms with Gasteiger partial charge in [0.25, 0.3) is 0 Å². The van der Waals surface area contributed by atoms with E-state index in [9.17, 15) is 4.79 Å². The summed E-state index contributed by atoms with van der Waals surface area (Å²) in [6, 6.07) is 15.7. The smallest absolute Gasteiger partial charge is 0.227 e. The van der Waals surface area contributed by atoms with Gasteiger partial charge in [-0.05, 0) is 37.1 Å². The Morgan fingerprint density at radius 3 is 2.60 bits per heavy atom. The summed E-state index contributed by atoms with van der Waals surface area (Å²) in [6.07, 6.45) is 0.765. The number of para-hydroxylation sites is 2. The normalized spacial score (nSPS) is 10.1. The second-order valence-electron chi connectivity index (χ2n) is 5.62. The van der Waals surface area contributed by atoms with Crippen molar-refractivity contribution in [3.8, 4) is 11.8 Å². The van der Waals surface area contributed by atoms with E-state index in [1.54, 1.807) is 11.8 Å². The van der Waals surface area contributed by atoms with Crippen molar-refractivity contribution in [2.45, 2.75) is 31.6 Å². The molecule has 0 saturated heterocycles. The lowest BCUT2D eigenvalue weighted by molar-refractivity contribution is -0.116. The van der Waals surface area contributed by atoms with E-state index in [0.717, 1.165) is 27.5 Å². The molecule has 2 aromatic carbocycles. The van der Waals surface area contributed by atoms with E-state index in [1.165, 1.54) is 0 Å². The Kier molecular flexibility index (Phi) is 7.36. The van der Waals surface area contributed by atoms with Crippen molar-refractivity contribution < 1.29 is 9.53 Å². The minimum atomic E-state index is -0.0837. The SMILES string of the molecule is Cc1cccc(C)c1OCCC(=O)Nc1ccccc1SCCC#N. The van der Waals surface area contributed by atoms with Crippen molar-refractivity contribution in [2.75, 3.05) is 17.7 Å². The number of hydrogen-bond donors (Lipinski definition) is 1. The Bertz CT molecular complexity index is 748. The minimum absolute atomic E-state index is 0.0837. The molecule has 0 unspecified atom stereocenters. The van der Waals surface area contributed by atoms with Gasteiger partial charge in [0, 0.05) is 17.1 Å². The topological polar surface area (TPSA) is 62.1 Å². The molecule has 0 aliphatic carbocycles. The maximum absolute atomic E-state index is 12.2. The van der Waals surface area contributed by atoms with E-state index in [2.05, 4.69) is 11.4 Å². The van der Waals surface area contributed by atoms with E-state index in [4.69, 9.17) is 10.00 Å². The number of nitrogens with one attached hydrogen (secondary N) is 1. The first-order valence-electron chi connectivity index (χ1n) is 8.19. The summed E-state index contributed by atoms with van der Waals surface area (Å²) in [7, 11) is 0. The van der Waals surface area contributed by atoms with Crippen LogP contribution >= 0.6 is 11.8 Å². The van der Waals surface area contributed by atoms with Crippen molar-refractivity contribution in [3.63, 3.8) is 0 Å². The van der Waals surface area contributed by atoms with Gasteiger partial charge in [0.05, 0.1) is 24.8 Å². The second kappa shape index (κ2) is 9.75. The summed E-state index contributed by atoms with van der Waals surface area (Å²) in [5, 5.41) is 11.6. The molecule has 0 radical (unpaired) electrons. The third-order valence-electron chi connectivity index (χ3n) is 3.62. The molecule has 0 bridgehead atoms. The number of ether oxygens (including phenoxy) is 1. The standard InChI is InChI=1S/C20H22N2O2S/c1-15-7-5-8-16(2)20(15)24-13-11-19(23)22-17-9-3-4-10-18(17)25-14-6-12-21/h3-5,7-10H,6,11,13-14H2,1-2H3,(H,22,23). The third-order valence-corrected chi connectivity index (χ3v) is 4.69. The van der Waals surface area contributed by atoms with Gasteiger partial charge >= 0.3 is 0 Å². The number of amides is 1. The summed E-state index contributed by atoms with van der Waals surface area (Å²) < 4.78 is 5.78. The molecule has 25 heavy (non-hydrogen) atoms. The van der Waals surface area contributed by atoms with Crippen LogP contribution in [0.2, 0.25) is 0 Å². The number of nitriles is 1. The molecule has 0 aliphatic rings. The van der Waals surface area contributed by atoms with Crippen LogP contribution < -0.4 is 10.1 Å². The monoisotopic (exact) mass is 354 g/mol. The minimum Gasteiger partial charge on any atom is -0.493 e. The molecular formula is C20H22N2O2S. The fraction of sp³-hybridized carbons (Fsp3) is 0.300. The van der Waals surface area contributed by atoms with Crippen molar-refractivity contribution in [1.29, 1.82) is 5.26 Å². The number of rotatable bonds is 8. The van der Waals surface area contributed by atoms with Gasteiger partial charge in [-0.25, -0.2) is 0 Å². The van der Waals surface area contributed by atoms with E-state index >= 15 is 0 Å². The zero-order valence-corrected chi connectivity index (χ0v) is 15.4. The Labute approximate surface area is 153 Å². The van der Waals surface area contributed by atoms with Crippen LogP contribution in [-0.2, 0) is 4.79 Å². The van der Waals surface area contributed by atoms with Gasteiger partial charge in [0.15, 0.2) is 0 Å². The predicted octanol–water partition coefficient (Wildman–Crippen LogP) is 4.72. The average Bonchev–Trinajstić information content (AvgIpc) is 2.59. The first-order chi connectivity index (χ1) is 12.1. The highest BCUT2D eigenvalue weighted by molar-refractivity contribution is 7.99. The van der Waals surface area contributed by atoms with Crippen molar-refractivity contribution >= 4 is 23.4 Å². The van der Waals surface area contributed by atoms with Crippen LogP contribution in [-0.4, -0.2) is 18.3 Å². The molecule has 1 N–H and O–H groups in total. The molecule has 0 aromatic heterocycles. The van der Waals surface area contributed by atoms with Gasteiger partial charge < -0.3 is 10.1 Å². The Balaban J connectivity index is 1.87. The maximum Gasteiger partial charge on any atom is 0.227 e. The molecule has 4 nitrogen and oxygen atoms in total. The van der Waals surface area contributed by atoms with Crippen LogP contribution in [0.3, 0.4) is 0 Å². The van der Waals surface area contributed by atoms with Crippen molar-refractivity contribution in [3.05, 3.63) is 53.6 Å². The van der Waals surface area contributed by atoms with Crippen LogP contribution in [0.15, 0.2) is 47.4 Å². The van der Waals surface area contributed by atoms with Crippen molar-refractivity contribution in [2.24, 2.45) is 0 Å². The molecule has 2 rings (SSSR count). The molecule has 0 fully saturated rings. The fourth-order valence-corrected chi connectivity index (χ4v) is 3.25. The molecule has 1 amide bonds. The molecular weight excluding hydrogens is 332 g/mol. The third kappa shape index (κ3) is 5.84. The zero-order valence-electron chi connectivity index (χ0n) is 14.5. The van der Waals surface area contributed by atoms with Crippen molar-refractivity contribution in [1.82, 2.24) is 0 Å². The quantitative estimate of drug-likeness (QED) is 0.550. The number of thioether (sulfide) groups is 1. The Morgan fingerprint density at radius 2 is 1.88 bits per heavy atom. The predicted molar refractivity (Wildman–Crippen MR) is 102 cm³/mol. The number of anilines is 1. The number of benzene rings is 2. The van der Waals surface area contributed by atoms with E-state index in [0.29, 0.717) is 18.8 Å². The van der Waals surface area contributed by atoms with Gasteiger partial charge in [-0.1, -0.05) is 30.3 Å². The zero-order chi connectivity index (χ0) is 18.1. The van der Waals surface area contributed by atoms with E-state index in [-0.39, 0.29) is 12.3 Å².